The molecule has 2 aromatic carbocycles. The fourth-order valence-corrected chi connectivity index (χ4v) is 4.42. The van der Waals surface area contributed by atoms with Crippen molar-refractivity contribution in [1.82, 2.24) is 9.97 Å². The van der Waals surface area contributed by atoms with E-state index in [1.165, 1.54) is 61.2 Å². The number of pyridine rings is 2. The van der Waals surface area contributed by atoms with Crippen molar-refractivity contribution in [3.05, 3.63) is 116 Å². The van der Waals surface area contributed by atoms with Gasteiger partial charge in [0.25, 0.3) is 23.2 Å². The van der Waals surface area contributed by atoms with E-state index in [1.54, 1.807) is 12.1 Å². The van der Waals surface area contributed by atoms with Crippen LogP contribution in [0.1, 0.15) is 31.8 Å². The summed E-state index contributed by atoms with van der Waals surface area (Å²) in [6.07, 6.45) is 6.04. The summed E-state index contributed by atoms with van der Waals surface area (Å²) in [5.74, 6) is -1.46. The van der Waals surface area contributed by atoms with Gasteiger partial charge >= 0.3 is 0 Å². The Kier molecular flexibility index (Phi) is 7.96. The average molecular weight is 597 g/mol. The molecule has 2 aliphatic heterocycles. The zero-order valence-electron chi connectivity index (χ0n) is 22.4. The number of carbonyl (C=O) groups is 4. The monoisotopic (exact) mass is 596 g/mol. The van der Waals surface area contributed by atoms with E-state index < -0.39 is 21.7 Å². The predicted molar refractivity (Wildman–Crippen MR) is 155 cm³/mol. The van der Waals surface area contributed by atoms with E-state index in [-0.39, 0.29) is 53.0 Å². The molecule has 4 aromatic rings. The molecule has 16 heteroatoms. The third-order valence-corrected chi connectivity index (χ3v) is 6.45. The van der Waals surface area contributed by atoms with E-state index in [0.29, 0.717) is 28.1 Å². The molecule has 4 heterocycles. The standard InChI is InChI=1S/2C14H10N4O4/c19-13-6-9-5-11(12(18(21)22)7-10(9)16-13)17-14(20)8-1-3-15-4-2-8;19-13-5-9-4-11(12(18(21)22)6-10(9)16-13)17-14(20)8-2-1-3-15-7-8/h1-5,7H,6H2,(H,16,19)(H,17,20);1-4,6-7H,5H2,(H,16,19)(H,17,20). The van der Waals surface area contributed by atoms with Crippen LogP contribution in [-0.4, -0.2) is 43.4 Å². The number of rotatable bonds is 6. The van der Waals surface area contributed by atoms with Crippen molar-refractivity contribution in [1.29, 1.82) is 0 Å². The number of hydrogen-bond donors (Lipinski definition) is 4. The molecule has 0 atom stereocenters. The Balaban J connectivity index is 0.000000175. The molecule has 0 aliphatic carbocycles. The predicted octanol–water partition coefficient (Wildman–Crippen LogP) is 3.47. The fourth-order valence-electron chi connectivity index (χ4n) is 4.42. The molecule has 0 bridgehead atoms. The molecule has 44 heavy (non-hydrogen) atoms. The lowest BCUT2D eigenvalue weighted by Crippen LogP contribution is -2.13. The maximum Gasteiger partial charge on any atom is 0.294 e. The zero-order valence-corrected chi connectivity index (χ0v) is 22.4. The first-order valence-corrected chi connectivity index (χ1v) is 12.7. The summed E-state index contributed by atoms with van der Waals surface area (Å²) in [7, 11) is 0. The highest BCUT2D eigenvalue weighted by Gasteiger charge is 2.27. The van der Waals surface area contributed by atoms with Crippen molar-refractivity contribution in [3.63, 3.8) is 0 Å². The van der Waals surface area contributed by atoms with E-state index in [9.17, 15) is 39.4 Å². The molecule has 0 saturated carbocycles. The second-order valence-corrected chi connectivity index (χ2v) is 9.40. The van der Waals surface area contributed by atoms with Crippen LogP contribution in [0, 0.1) is 20.2 Å². The SMILES string of the molecule is O=C1Cc2cc(NC(=O)c3cccnc3)c([N+](=O)[O-])cc2N1.O=C1Cc2cc(NC(=O)c3ccncc3)c([N+](=O)[O-])cc2N1. The van der Waals surface area contributed by atoms with Crippen LogP contribution >= 0.6 is 0 Å². The van der Waals surface area contributed by atoms with Crippen molar-refractivity contribution < 1.29 is 29.0 Å². The van der Waals surface area contributed by atoms with Crippen LogP contribution in [0.5, 0.6) is 0 Å². The van der Waals surface area contributed by atoms with Gasteiger partial charge in [0.05, 0.1) is 39.6 Å². The average Bonchev–Trinajstić information content (AvgIpc) is 3.56. The molecular formula is C28H20N8O8. The lowest BCUT2D eigenvalue weighted by atomic mass is 10.1. The molecule has 0 spiro atoms. The normalized spacial score (nSPS) is 12.5. The second kappa shape index (κ2) is 12.1. The van der Waals surface area contributed by atoms with Crippen LogP contribution in [0.15, 0.2) is 73.3 Å². The van der Waals surface area contributed by atoms with Crippen LogP contribution in [-0.2, 0) is 22.4 Å². The number of nitrogens with zero attached hydrogens (tertiary/aromatic N) is 4. The summed E-state index contributed by atoms with van der Waals surface area (Å²) >= 11 is 0. The van der Waals surface area contributed by atoms with Gasteiger partial charge in [-0.15, -0.1) is 0 Å². The number of nitro groups is 2. The minimum absolute atomic E-state index is 0.0501. The second-order valence-electron chi connectivity index (χ2n) is 9.40. The maximum absolute atomic E-state index is 12.1. The Morgan fingerprint density at radius 3 is 1.66 bits per heavy atom. The fraction of sp³-hybridized carbons (Fsp3) is 0.0714. The molecule has 6 rings (SSSR count). The summed E-state index contributed by atoms with van der Waals surface area (Å²) in [6, 6.07) is 11.5. The Bertz CT molecular complexity index is 1710. The van der Waals surface area contributed by atoms with Gasteiger partial charge in [-0.1, -0.05) is 0 Å². The zero-order chi connectivity index (χ0) is 31.4. The molecule has 0 unspecified atom stereocenters. The van der Waals surface area contributed by atoms with E-state index in [4.69, 9.17) is 0 Å². The number of anilines is 4. The molecule has 0 fully saturated rings. The van der Waals surface area contributed by atoms with Crippen LogP contribution < -0.4 is 21.3 Å². The minimum Gasteiger partial charge on any atom is -0.325 e. The highest BCUT2D eigenvalue weighted by Crippen LogP contribution is 2.36. The van der Waals surface area contributed by atoms with Crippen molar-refractivity contribution in [2.24, 2.45) is 0 Å². The van der Waals surface area contributed by atoms with Crippen LogP contribution in [0.3, 0.4) is 0 Å². The number of carbonyl (C=O) groups excluding carboxylic acids is 4. The van der Waals surface area contributed by atoms with Gasteiger partial charge in [0.2, 0.25) is 11.8 Å². The molecule has 0 saturated heterocycles. The lowest BCUT2D eigenvalue weighted by molar-refractivity contribution is -0.384. The Labute approximate surface area is 246 Å². The van der Waals surface area contributed by atoms with Crippen molar-refractivity contribution >= 4 is 57.8 Å². The van der Waals surface area contributed by atoms with E-state index in [1.807, 2.05) is 0 Å². The molecule has 2 aliphatic rings. The van der Waals surface area contributed by atoms with E-state index >= 15 is 0 Å². The highest BCUT2D eigenvalue weighted by atomic mass is 16.6. The lowest BCUT2D eigenvalue weighted by Gasteiger charge is -2.08. The van der Waals surface area contributed by atoms with Crippen molar-refractivity contribution in [3.8, 4) is 0 Å². The first-order chi connectivity index (χ1) is 21.1. The number of benzene rings is 2. The van der Waals surface area contributed by atoms with Crippen molar-refractivity contribution in [2.75, 3.05) is 21.3 Å². The number of amides is 4. The molecular weight excluding hydrogens is 576 g/mol. The first-order valence-electron chi connectivity index (χ1n) is 12.7. The number of nitrogens with one attached hydrogen (secondary N) is 4. The van der Waals surface area contributed by atoms with Crippen molar-refractivity contribution in [2.45, 2.75) is 12.8 Å². The molecule has 16 nitrogen and oxygen atoms in total. The number of aromatic nitrogens is 2. The third kappa shape index (κ3) is 6.33. The number of hydrogen-bond acceptors (Lipinski definition) is 10. The van der Waals surface area contributed by atoms with E-state index in [2.05, 4.69) is 31.2 Å². The molecule has 2 aromatic heterocycles. The summed E-state index contributed by atoms with van der Waals surface area (Å²) < 4.78 is 0. The quantitative estimate of drug-likeness (QED) is 0.187. The smallest absolute Gasteiger partial charge is 0.294 e. The van der Waals surface area contributed by atoms with Crippen LogP contribution in [0.2, 0.25) is 0 Å². The topological polar surface area (TPSA) is 228 Å². The summed E-state index contributed by atoms with van der Waals surface area (Å²) in [5, 5.41) is 32.4. The van der Waals surface area contributed by atoms with Crippen LogP contribution in [0.4, 0.5) is 34.1 Å². The van der Waals surface area contributed by atoms with Gasteiger partial charge in [0, 0.05) is 42.5 Å². The Hall–Kier alpha value is -6.58. The number of fused-ring (bicyclic) bond motifs is 2. The molecule has 220 valence electrons. The Morgan fingerprint density at radius 1 is 0.705 bits per heavy atom. The summed E-state index contributed by atoms with van der Waals surface area (Å²) in [6.45, 7) is 0. The van der Waals surface area contributed by atoms with Gasteiger partial charge in [-0.25, -0.2) is 0 Å². The summed E-state index contributed by atoms with van der Waals surface area (Å²) in [4.78, 5) is 75.6. The third-order valence-electron chi connectivity index (χ3n) is 6.45. The van der Waals surface area contributed by atoms with Gasteiger partial charge in [0.15, 0.2) is 0 Å². The van der Waals surface area contributed by atoms with Gasteiger partial charge in [-0.05, 0) is 47.5 Å². The molecule has 0 radical (unpaired) electrons. The van der Waals surface area contributed by atoms with Crippen LogP contribution in [0.25, 0.3) is 0 Å². The van der Waals surface area contributed by atoms with Gasteiger partial charge in [-0.3, -0.25) is 49.4 Å². The van der Waals surface area contributed by atoms with Gasteiger partial charge in [0.1, 0.15) is 11.4 Å². The maximum atomic E-state index is 12.1. The molecule has 4 N–H and O–H groups in total. The van der Waals surface area contributed by atoms with Gasteiger partial charge in [-0.2, -0.15) is 0 Å². The van der Waals surface area contributed by atoms with E-state index in [0.717, 1.165) is 0 Å². The Morgan fingerprint density at radius 2 is 1.20 bits per heavy atom. The largest absolute Gasteiger partial charge is 0.325 e. The number of nitro benzene ring substituents is 2. The highest BCUT2D eigenvalue weighted by molar-refractivity contribution is 6.08. The minimum atomic E-state index is -0.608. The van der Waals surface area contributed by atoms with Gasteiger partial charge < -0.3 is 21.3 Å². The molecule has 4 amide bonds. The summed E-state index contributed by atoms with van der Waals surface area (Å²) in [5.41, 5.74) is 2.19. The first kappa shape index (κ1) is 28.9.